The monoisotopic (exact) mass is 494 g/mol. The second-order valence-electron chi connectivity index (χ2n) is 6.81. The van der Waals surface area contributed by atoms with Crippen molar-refractivity contribution in [3.8, 4) is 0 Å². The Morgan fingerprint density at radius 2 is 1.85 bits per heavy atom. The molecule has 1 aromatic rings. The molecule has 6 nitrogen and oxygen atoms in total. The molecule has 0 spiro atoms. The molecule has 1 rings (SSSR count). The van der Waals surface area contributed by atoms with Crippen molar-refractivity contribution in [2.24, 2.45) is 4.99 Å². The van der Waals surface area contributed by atoms with E-state index < -0.39 is 11.7 Å². The number of guanidine groups is 1. The number of nitrogens with zero attached hydrogens (tertiary/aromatic N) is 1. The molecule has 0 saturated heterocycles. The Morgan fingerprint density at radius 1 is 1.15 bits per heavy atom. The lowest BCUT2D eigenvalue weighted by Crippen LogP contribution is -2.38. The second-order valence-corrected chi connectivity index (χ2v) is 6.81. The lowest BCUT2D eigenvalue weighted by Gasteiger charge is -2.19. The summed E-state index contributed by atoms with van der Waals surface area (Å²) < 4.78 is 18.8. The summed E-state index contributed by atoms with van der Waals surface area (Å²) in [5.41, 5.74) is 0.181. The van der Waals surface area contributed by atoms with Gasteiger partial charge in [0.25, 0.3) is 0 Å². The van der Waals surface area contributed by atoms with Gasteiger partial charge in [0, 0.05) is 26.2 Å². The van der Waals surface area contributed by atoms with Crippen LogP contribution in [0.25, 0.3) is 0 Å². The molecule has 154 valence electrons. The van der Waals surface area contributed by atoms with Gasteiger partial charge in [-0.3, -0.25) is 4.99 Å². The highest BCUT2D eigenvalue weighted by Crippen LogP contribution is 2.06. The molecule has 3 N–H and O–H groups in total. The second kappa shape index (κ2) is 13.6. The molecule has 0 aliphatic rings. The zero-order chi connectivity index (χ0) is 19.4. The summed E-state index contributed by atoms with van der Waals surface area (Å²) in [6.07, 6.45) is 0.858. The first kappa shape index (κ1) is 25.4. The molecule has 0 aromatic heterocycles. The third kappa shape index (κ3) is 12.4. The fraction of sp³-hybridized carbons (Fsp3) is 0.579. The number of aliphatic imine (C=N–C) groups is 1. The quantitative estimate of drug-likeness (QED) is 0.224. The zero-order valence-corrected chi connectivity index (χ0v) is 18.9. The van der Waals surface area contributed by atoms with E-state index in [1.165, 1.54) is 6.07 Å². The Hall–Kier alpha value is -1.58. The molecule has 0 aliphatic heterocycles. The fourth-order valence-corrected chi connectivity index (χ4v) is 2.13. The molecule has 0 bridgehead atoms. The fourth-order valence-electron chi connectivity index (χ4n) is 2.13. The van der Waals surface area contributed by atoms with Crippen LogP contribution >= 0.6 is 24.0 Å². The van der Waals surface area contributed by atoms with Crippen molar-refractivity contribution in [1.29, 1.82) is 0 Å². The number of carbonyl (C=O) groups is 1. The largest absolute Gasteiger partial charge is 0.444 e. The predicted octanol–water partition coefficient (Wildman–Crippen LogP) is 3.46. The van der Waals surface area contributed by atoms with Gasteiger partial charge in [0.2, 0.25) is 0 Å². The van der Waals surface area contributed by atoms with Crippen LogP contribution in [0.5, 0.6) is 0 Å². The molecule has 1 amide bonds. The molecule has 0 heterocycles. The number of rotatable bonds is 8. The van der Waals surface area contributed by atoms with E-state index in [4.69, 9.17) is 4.74 Å². The van der Waals surface area contributed by atoms with Gasteiger partial charge in [-0.2, -0.15) is 0 Å². The van der Waals surface area contributed by atoms with Crippen LogP contribution in [-0.4, -0.2) is 43.8 Å². The van der Waals surface area contributed by atoms with E-state index in [2.05, 4.69) is 20.9 Å². The Bertz CT molecular complexity index is 591. The topological polar surface area (TPSA) is 74.8 Å². The normalized spacial score (nSPS) is 11.4. The molecule has 0 radical (unpaired) electrons. The molecule has 0 unspecified atom stereocenters. The summed E-state index contributed by atoms with van der Waals surface area (Å²) in [6.45, 7) is 9.84. The number of hydrogen-bond donors (Lipinski definition) is 3. The van der Waals surface area contributed by atoms with E-state index in [-0.39, 0.29) is 29.8 Å². The average molecular weight is 494 g/mol. The maximum atomic E-state index is 13.6. The number of alkyl carbamates (subject to hydrolysis) is 1. The first-order chi connectivity index (χ1) is 12.3. The van der Waals surface area contributed by atoms with Gasteiger partial charge in [-0.1, -0.05) is 18.2 Å². The van der Waals surface area contributed by atoms with Crippen molar-refractivity contribution in [2.45, 2.75) is 46.1 Å². The molecule has 8 heteroatoms. The zero-order valence-electron chi connectivity index (χ0n) is 16.6. The van der Waals surface area contributed by atoms with Crippen molar-refractivity contribution in [3.05, 3.63) is 35.6 Å². The number of nitrogens with one attached hydrogen (secondary N) is 3. The van der Waals surface area contributed by atoms with Crippen LogP contribution in [0.15, 0.2) is 29.3 Å². The van der Waals surface area contributed by atoms with Crippen molar-refractivity contribution in [2.75, 3.05) is 26.2 Å². The maximum Gasteiger partial charge on any atom is 0.407 e. The van der Waals surface area contributed by atoms with Crippen LogP contribution in [-0.2, 0) is 11.2 Å². The molecule has 0 aliphatic carbocycles. The lowest BCUT2D eigenvalue weighted by molar-refractivity contribution is 0.0527. The number of amides is 1. The van der Waals surface area contributed by atoms with Crippen LogP contribution in [0.2, 0.25) is 0 Å². The van der Waals surface area contributed by atoms with E-state index in [0.29, 0.717) is 44.0 Å². The van der Waals surface area contributed by atoms with E-state index in [0.717, 1.165) is 6.54 Å². The predicted molar refractivity (Wildman–Crippen MR) is 118 cm³/mol. The van der Waals surface area contributed by atoms with Crippen LogP contribution < -0.4 is 16.0 Å². The van der Waals surface area contributed by atoms with Gasteiger partial charge in [0.05, 0.1) is 0 Å². The average Bonchev–Trinajstić information content (AvgIpc) is 2.54. The number of benzene rings is 1. The molecule has 0 fully saturated rings. The summed E-state index contributed by atoms with van der Waals surface area (Å²) in [5, 5.41) is 9.04. The van der Waals surface area contributed by atoms with Crippen LogP contribution in [0.3, 0.4) is 0 Å². The first-order valence-electron chi connectivity index (χ1n) is 9.04. The van der Waals surface area contributed by atoms with Gasteiger partial charge in [-0.25, -0.2) is 9.18 Å². The summed E-state index contributed by atoms with van der Waals surface area (Å²) >= 11 is 0. The molecule has 27 heavy (non-hydrogen) atoms. The summed E-state index contributed by atoms with van der Waals surface area (Å²) in [6, 6.07) is 6.76. The van der Waals surface area contributed by atoms with Crippen molar-refractivity contribution >= 4 is 36.0 Å². The highest BCUT2D eigenvalue weighted by atomic mass is 127. The van der Waals surface area contributed by atoms with Gasteiger partial charge >= 0.3 is 6.09 Å². The third-order valence-corrected chi connectivity index (χ3v) is 3.26. The van der Waals surface area contributed by atoms with Gasteiger partial charge in [-0.15, -0.1) is 24.0 Å². The van der Waals surface area contributed by atoms with Gasteiger partial charge in [0.15, 0.2) is 5.96 Å². The Labute approximate surface area is 178 Å². The summed E-state index contributed by atoms with van der Waals surface area (Å²) in [7, 11) is 0. The minimum Gasteiger partial charge on any atom is -0.444 e. The van der Waals surface area contributed by atoms with E-state index in [1.807, 2.05) is 33.8 Å². The molecule has 0 saturated carbocycles. The molecular weight excluding hydrogens is 462 g/mol. The van der Waals surface area contributed by atoms with Crippen molar-refractivity contribution in [1.82, 2.24) is 16.0 Å². The Balaban J connectivity index is 0.00000676. The van der Waals surface area contributed by atoms with Crippen LogP contribution in [0.1, 0.15) is 39.7 Å². The van der Waals surface area contributed by atoms with Gasteiger partial charge in [-0.05, 0) is 52.2 Å². The van der Waals surface area contributed by atoms with Gasteiger partial charge in [0.1, 0.15) is 11.4 Å². The van der Waals surface area contributed by atoms with E-state index in [9.17, 15) is 9.18 Å². The number of carbonyl (C=O) groups excluding carboxylic acids is 1. The minimum atomic E-state index is -0.497. The number of hydrogen-bond acceptors (Lipinski definition) is 3. The van der Waals surface area contributed by atoms with Crippen molar-refractivity contribution < 1.29 is 13.9 Å². The SMILES string of the molecule is CCNC(=NCCCNC(=O)OC(C)(C)C)NCCc1ccccc1F.I. The Kier molecular flexibility index (Phi) is 12.8. The highest BCUT2D eigenvalue weighted by Gasteiger charge is 2.15. The third-order valence-electron chi connectivity index (χ3n) is 3.26. The van der Waals surface area contributed by atoms with Crippen LogP contribution in [0.4, 0.5) is 9.18 Å². The maximum absolute atomic E-state index is 13.6. The first-order valence-corrected chi connectivity index (χ1v) is 9.04. The minimum absolute atomic E-state index is 0. The van der Waals surface area contributed by atoms with Crippen LogP contribution in [0, 0.1) is 5.82 Å². The number of halogens is 2. The summed E-state index contributed by atoms with van der Waals surface area (Å²) in [5.74, 6) is 0.491. The van der Waals surface area contributed by atoms with E-state index in [1.54, 1.807) is 12.1 Å². The summed E-state index contributed by atoms with van der Waals surface area (Å²) in [4.78, 5) is 16.0. The lowest BCUT2D eigenvalue weighted by atomic mass is 10.1. The van der Waals surface area contributed by atoms with Gasteiger partial charge < -0.3 is 20.7 Å². The Morgan fingerprint density at radius 3 is 2.48 bits per heavy atom. The number of ether oxygens (including phenoxy) is 1. The van der Waals surface area contributed by atoms with E-state index >= 15 is 0 Å². The molecular formula is C19H32FIN4O2. The smallest absolute Gasteiger partial charge is 0.407 e. The molecule has 0 atom stereocenters. The standard InChI is InChI=1S/C19H31FN4O2.HI/c1-5-21-17(23-14-11-15-9-6-7-10-16(15)20)22-12-8-13-24-18(25)26-19(2,3)4;/h6-7,9-10H,5,8,11-14H2,1-4H3,(H,24,25)(H2,21,22,23);1H. The molecule has 1 aromatic carbocycles. The highest BCUT2D eigenvalue weighted by molar-refractivity contribution is 14.0. The van der Waals surface area contributed by atoms with Crippen molar-refractivity contribution in [3.63, 3.8) is 0 Å².